The van der Waals surface area contributed by atoms with Gasteiger partial charge < -0.3 is 10.0 Å². The minimum atomic E-state index is 0.0353. The van der Waals surface area contributed by atoms with Gasteiger partial charge in [-0.15, -0.1) is 11.3 Å². The molecule has 1 aromatic heterocycles. The highest BCUT2D eigenvalue weighted by molar-refractivity contribution is 7.17. The maximum atomic E-state index is 12.0. The van der Waals surface area contributed by atoms with Crippen molar-refractivity contribution < 1.29 is 9.90 Å². The predicted octanol–water partition coefficient (Wildman–Crippen LogP) is 1.55. The Hall–Kier alpha value is -0.880. The van der Waals surface area contributed by atoms with Crippen molar-refractivity contribution in [2.75, 3.05) is 39.3 Å². The molecule has 0 spiro atoms. The SMILES string of the molecule is O=C(/C=C/c1ccc(Cl)s1)N1CCN(CCO)CC1. The Bertz CT molecular complexity index is 453. The molecule has 19 heavy (non-hydrogen) atoms. The number of hydrogen-bond donors (Lipinski definition) is 1. The van der Waals surface area contributed by atoms with Gasteiger partial charge in [-0.05, 0) is 18.2 Å². The van der Waals surface area contributed by atoms with E-state index in [9.17, 15) is 4.79 Å². The highest BCUT2D eigenvalue weighted by Crippen LogP contribution is 2.22. The first-order valence-electron chi connectivity index (χ1n) is 6.24. The number of aliphatic hydroxyl groups excluding tert-OH is 1. The van der Waals surface area contributed by atoms with Crippen LogP contribution in [0.25, 0.3) is 6.08 Å². The average molecular weight is 301 g/mol. The van der Waals surface area contributed by atoms with E-state index in [4.69, 9.17) is 16.7 Å². The molecule has 0 unspecified atom stereocenters. The van der Waals surface area contributed by atoms with E-state index in [-0.39, 0.29) is 12.5 Å². The predicted molar refractivity (Wildman–Crippen MR) is 78.5 cm³/mol. The number of nitrogens with zero attached hydrogens (tertiary/aromatic N) is 2. The first kappa shape index (κ1) is 14.5. The molecule has 0 aliphatic carbocycles. The second-order valence-corrected chi connectivity index (χ2v) is 6.11. The number of aliphatic hydroxyl groups is 1. The largest absolute Gasteiger partial charge is 0.395 e. The second kappa shape index (κ2) is 7.05. The van der Waals surface area contributed by atoms with Gasteiger partial charge in [-0.2, -0.15) is 0 Å². The van der Waals surface area contributed by atoms with Crippen LogP contribution >= 0.6 is 22.9 Å². The van der Waals surface area contributed by atoms with Crippen LogP contribution in [-0.2, 0) is 4.79 Å². The van der Waals surface area contributed by atoms with Crippen molar-refractivity contribution in [2.24, 2.45) is 0 Å². The van der Waals surface area contributed by atoms with Gasteiger partial charge in [-0.3, -0.25) is 9.69 Å². The summed E-state index contributed by atoms with van der Waals surface area (Å²) in [6, 6.07) is 3.72. The topological polar surface area (TPSA) is 43.8 Å². The van der Waals surface area contributed by atoms with Crippen molar-refractivity contribution in [1.29, 1.82) is 0 Å². The Balaban J connectivity index is 1.83. The molecule has 1 amide bonds. The Labute approximate surface area is 121 Å². The summed E-state index contributed by atoms with van der Waals surface area (Å²) < 4.78 is 0.727. The minimum Gasteiger partial charge on any atom is -0.395 e. The number of piperazine rings is 1. The lowest BCUT2D eigenvalue weighted by Crippen LogP contribution is -2.48. The Morgan fingerprint density at radius 3 is 2.68 bits per heavy atom. The molecule has 6 heteroatoms. The fraction of sp³-hybridized carbons (Fsp3) is 0.462. The van der Waals surface area contributed by atoms with Crippen LogP contribution in [0.2, 0.25) is 4.34 Å². The third kappa shape index (κ3) is 4.31. The summed E-state index contributed by atoms with van der Waals surface area (Å²) in [5.41, 5.74) is 0. The van der Waals surface area contributed by atoms with Crippen molar-refractivity contribution in [2.45, 2.75) is 0 Å². The number of carbonyl (C=O) groups is 1. The smallest absolute Gasteiger partial charge is 0.246 e. The van der Waals surface area contributed by atoms with Gasteiger partial charge in [0.25, 0.3) is 0 Å². The zero-order valence-electron chi connectivity index (χ0n) is 10.6. The molecule has 0 atom stereocenters. The molecule has 2 heterocycles. The summed E-state index contributed by atoms with van der Waals surface area (Å²) in [7, 11) is 0. The third-order valence-corrected chi connectivity index (χ3v) is 4.28. The van der Waals surface area contributed by atoms with Crippen LogP contribution in [0.1, 0.15) is 4.88 Å². The van der Waals surface area contributed by atoms with Crippen molar-refractivity contribution in [3.63, 3.8) is 0 Å². The molecule has 1 aliphatic rings. The third-order valence-electron chi connectivity index (χ3n) is 3.08. The van der Waals surface area contributed by atoms with E-state index < -0.39 is 0 Å². The molecule has 104 valence electrons. The molecular formula is C13H17ClN2O2S. The molecule has 1 fully saturated rings. The highest BCUT2D eigenvalue weighted by Gasteiger charge is 2.18. The lowest BCUT2D eigenvalue weighted by molar-refractivity contribution is -0.127. The van der Waals surface area contributed by atoms with E-state index in [1.165, 1.54) is 11.3 Å². The molecule has 0 bridgehead atoms. The highest BCUT2D eigenvalue weighted by atomic mass is 35.5. The first-order chi connectivity index (χ1) is 9.19. The van der Waals surface area contributed by atoms with E-state index in [0.717, 1.165) is 22.3 Å². The van der Waals surface area contributed by atoms with Gasteiger partial charge >= 0.3 is 0 Å². The van der Waals surface area contributed by atoms with E-state index >= 15 is 0 Å². The van der Waals surface area contributed by atoms with Gasteiger partial charge in [0, 0.05) is 43.7 Å². The summed E-state index contributed by atoms with van der Waals surface area (Å²) in [6.45, 7) is 3.94. The van der Waals surface area contributed by atoms with Gasteiger partial charge in [0.2, 0.25) is 5.91 Å². The Kier molecular flexibility index (Phi) is 5.39. The maximum Gasteiger partial charge on any atom is 0.246 e. The lowest BCUT2D eigenvalue weighted by atomic mass is 10.3. The fourth-order valence-corrected chi connectivity index (χ4v) is 2.97. The Morgan fingerprint density at radius 1 is 1.37 bits per heavy atom. The standard InChI is InChI=1S/C13H17ClN2O2S/c14-12-3-1-11(19-12)2-4-13(18)16-7-5-15(6-8-16)9-10-17/h1-4,17H,5-10H2/b4-2+. The van der Waals surface area contributed by atoms with Gasteiger partial charge in [0.15, 0.2) is 0 Å². The summed E-state index contributed by atoms with van der Waals surface area (Å²) in [6.07, 6.45) is 3.41. The summed E-state index contributed by atoms with van der Waals surface area (Å²) in [4.78, 5) is 17.0. The first-order valence-corrected chi connectivity index (χ1v) is 7.44. The number of amides is 1. The normalized spacial score (nSPS) is 17.3. The van der Waals surface area contributed by atoms with Crippen LogP contribution in [0.5, 0.6) is 0 Å². The molecule has 2 rings (SSSR count). The molecule has 4 nitrogen and oxygen atoms in total. The van der Waals surface area contributed by atoms with E-state index in [2.05, 4.69) is 4.90 Å². The number of hydrogen-bond acceptors (Lipinski definition) is 4. The number of halogens is 1. The Morgan fingerprint density at radius 2 is 2.11 bits per heavy atom. The average Bonchev–Trinajstić information content (AvgIpc) is 2.83. The molecule has 0 aromatic carbocycles. The van der Waals surface area contributed by atoms with Crippen LogP contribution in [-0.4, -0.2) is 60.1 Å². The van der Waals surface area contributed by atoms with Crippen molar-refractivity contribution in [3.8, 4) is 0 Å². The zero-order chi connectivity index (χ0) is 13.7. The van der Waals surface area contributed by atoms with E-state index in [0.29, 0.717) is 19.6 Å². The van der Waals surface area contributed by atoms with Crippen LogP contribution in [0.3, 0.4) is 0 Å². The number of β-amino-alcohol motifs (C(OH)–C–C–N with tert-alkyl or cyclic N) is 1. The van der Waals surface area contributed by atoms with Gasteiger partial charge in [0.05, 0.1) is 10.9 Å². The van der Waals surface area contributed by atoms with Gasteiger partial charge in [0.1, 0.15) is 0 Å². The lowest BCUT2D eigenvalue weighted by Gasteiger charge is -2.33. The number of carbonyl (C=O) groups excluding carboxylic acids is 1. The van der Waals surface area contributed by atoms with E-state index in [1.807, 2.05) is 17.0 Å². The molecule has 1 saturated heterocycles. The molecule has 1 N–H and O–H groups in total. The van der Waals surface area contributed by atoms with Gasteiger partial charge in [-0.25, -0.2) is 0 Å². The zero-order valence-corrected chi connectivity index (χ0v) is 12.2. The summed E-state index contributed by atoms with van der Waals surface area (Å²) >= 11 is 7.29. The summed E-state index contributed by atoms with van der Waals surface area (Å²) in [5.74, 6) is 0.0353. The molecule has 1 aliphatic heterocycles. The van der Waals surface area contributed by atoms with Crippen LogP contribution in [0.15, 0.2) is 18.2 Å². The van der Waals surface area contributed by atoms with Crippen molar-refractivity contribution >= 4 is 34.9 Å². The van der Waals surface area contributed by atoms with Gasteiger partial charge in [-0.1, -0.05) is 11.6 Å². The monoisotopic (exact) mass is 300 g/mol. The van der Waals surface area contributed by atoms with Crippen molar-refractivity contribution in [1.82, 2.24) is 9.80 Å². The second-order valence-electron chi connectivity index (χ2n) is 4.37. The van der Waals surface area contributed by atoms with Crippen molar-refractivity contribution in [3.05, 3.63) is 27.4 Å². The molecule has 0 saturated carbocycles. The van der Waals surface area contributed by atoms with E-state index in [1.54, 1.807) is 12.2 Å². The van der Waals surface area contributed by atoms with Crippen LogP contribution in [0, 0.1) is 0 Å². The number of thiophene rings is 1. The quantitative estimate of drug-likeness (QED) is 0.858. The molecule has 0 radical (unpaired) electrons. The minimum absolute atomic E-state index is 0.0353. The molecule has 1 aromatic rings. The fourth-order valence-electron chi connectivity index (χ4n) is 2.01. The van der Waals surface area contributed by atoms with Crippen LogP contribution < -0.4 is 0 Å². The van der Waals surface area contributed by atoms with Crippen LogP contribution in [0.4, 0.5) is 0 Å². The summed E-state index contributed by atoms with van der Waals surface area (Å²) in [5, 5.41) is 8.86. The maximum absolute atomic E-state index is 12.0. The number of rotatable bonds is 4. The molecular weight excluding hydrogens is 284 g/mol.